The summed E-state index contributed by atoms with van der Waals surface area (Å²) in [5.74, 6) is 0. The molecule has 0 heterocycles. The molecule has 0 aliphatic heterocycles. The Morgan fingerprint density at radius 1 is 0.882 bits per heavy atom. The van der Waals surface area contributed by atoms with Crippen LogP contribution in [-0.2, 0) is 0 Å². The first-order chi connectivity index (χ1) is 8.34. The molecular formula is C15H13NS. The maximum absolute atomic E-state index is 5.24. The summed E-state index contributed by atoms with van der Waals surface area (Å²) in [6.07, 6.45) is 3.90. The quantitative estimate of drug-likeness (QED) is 0.638. The molecule has 0 spiro atoms. The van der Waals surface area contributed by atoms with E-state index in [1.54, 1.807) is 0 Å². The lowest BCUT2D eigenvalue weighted by Gasteiger charge is -2.03. The standard InChI is InChI=1S/C15H13NS/c17-15(16-14-9-5-2-6-10-14)12-11-13-7-3-1-4-8-13/h1-12H,(H,16,17). The molecule has 0 amide bonds. The van der Waals surface area contributed by atoms with E-state index in [0.29, 0.717) is 4.99 Å². The Morgan fingerprint density at radius 3 is 2.12 bits per heavy atom. The van der Waals surface area contributed by atoms with Gasteiger partial charge in [0.1, 0.15) is 4.99 Å². The smallest absolute Gasteiger partial charge is 0.103 e. The highest BCUT2D eigenvalue weighted by molar-refractivity contribution is 7.81. The zero-order valence-electron chi connectivity index (χ0n) is 9.34. The maximum Gasteiger partial charge on any atom is 0.103 e. The second-order valence-corrected chi connectivity index (χ2v) is 4.04. The Morgan fingerprint density at radius 2 is 1.47 bits per heavy atom. The molecule has 2 rings (SSSR count). The third-order valence-electron chi connectivity index (χ3n) is 2.27. The van der Waals surface area contributed by atoms with Gasteiger partial charge in [-0.1, -0.05) is 66.8 Å². The fourth-order valence-corrected chi connectivity index (χ4v) is 1.63. The van der Waals surface area contributed by atoms with Gasteiger partial charge < -0.3 is 5.32 Å². The molecule has 2 aromatic rings. The lowest BCUT2D eigenvalue weighted by Crippen LogP contribution is -2.04. The van der Waals surface area contributed by atoms with E-state index in [0.717, 1.165) is 11.3 Å². The summed E-state index contributed by atoms with van der Waals surface area (Å²) in [5.41, 5.74) is 2.15. The minimum Gasteiger partial charge on any atom is -0.347 e. The van der Waals surface area contributed by atoms with E-state index in [4.69, 9.17) is 12.2 Å². The zero-order chi connectivity index (χ0) is 11.9. The lowest BCUT2D eigenvalue weighted by atomic mass is 10.2. The zero-order valence-corrected chi connectivity index (χ0v) is 10.2. The highest BCUT2D eigenvalue weighted by Gasteiger charge is 1.92. The summed E-state index contributed by atoms with van der Waals surface area (Å²) < 4.78 is 0. The molecule has 2 heteroatoms. The van der Waals surface area contributed by atoms with Gasteiger partial charge in [-0.3, -0.25) is 0 Å². The molecule has 0 fully saturated rings. The lowest BCUT2D eigenvalue weighted by molar-refractivity contribution is 1.65. The Bertz CT molecular complexity index is 503. The van der Waals surface area contributed by atoms with Crippen molar-refractivity contribution in [3.05, 3.63) is 72.3 Å². The first-order valence-electron chi connectivity index (χ1n) is 5.44. The van der Waals surface area contributed by atoms with E-state index < -0.39 is 0 Å². The van der Waals surface area contributed by atoms with Crippen molar-refractivity contribution in [2.75, 3.05) is 5.32 Å². The topological polar surface area (TPSA) is 12.0 Å². The van der Waals surface area contributed by atoms with Gasteiger partial charge in [0, 0.05) is 5.69 Å². The summed E-state index contributed by atoms with van der Waals surface area (Å²) in [7, 11) is 0. The van der Waals surface area contributed by atoms with Gasteiger partial charge in [0.05, 0.1) is 0 Å². The van der Waals surface area contributed by atoms with Crippen molar-refractivity contribution in [3.8, 4) is 0 Å². The van der Waals surface area contributed by atoms with Crippen LogP contribution in [0.3, 0.4) is 0 Å². The molecule has 0 unspecified atom stereocenters. The van der Waals surface area contributed by atoms with Crippen molar-refractivity contribution in [1.29, 1.82) is 0 Å². The molecule has 0 bridgehead atoms. The van der Waals surface area contributed by atoms with Crippen LogP contribution >= 0.6 is 12.2 Å². The molecule has 1 N–H and O–H groups in total. The summed E-state index contributed by atoms with van der Waals surface area (Å²) in [5, 5.41) is 3.16. The van der Waals surface area contributed by atoms with Gasteiger partial charge >= 0.3 is 0 Å². The van der Waals surface area contributed by atoms with Crippen molar-refractivity contribution in [1.82, 2.24) is 0 Å². The molecule has 0 aliphatic carbocycles. The SMILES string of the molecule is S=C(C=Cc1ccccc1)Nc1ccccc1. The second-order valence-electron chi connectivity index (χ2n) is 3.60. The van der Waals surface area contributed by atoms with Crippen molar-refractivity contribution in [3.63, 3.8) is 0 Å². The van der Waals surface area contributed by atoms with Gasteiger partial charge in [0.25, 0.3) is 0 Å². The number of para-hydroxylation sites is 1. The van der Waals surface area contributed by atoms with Crippen LogP contribution in [0.25, 0.3) is 6.08 Å². The second kappa shape index (κ2) is 5.97. The van der Waals surface area contributed by atoms with Crippen LogP contribution < -0.4 is 5.32 Å². The van der Waals surface area contributed by atoms with Crippen molar-refractivity contribution < 1.29 is 0 Å². The van der Waals surface area contributed by atoms with Crippen LogP contribution in [0.4, 0.5) is 5.69 Å². The number of benzene rings is 2. The average Bonchev–Trinajstić information content (AvgIpc) is 2.39. The first-order valence-corrected chi connectivity index (χ1v) is 5.84. The Hall–Kier alpha value is -1.93. The number of hydrogen-bond donors (Lipinski definition) is 1. The van der Waals surface area contributed by atoms with Gasteiger partial charge in [0.15, 0.2) is 0 Å². The minimum atomic E-state index is 0.708. The third-order valence-corrected chi connectivity index (χ3v) is 2.51. The van der Waals surface area contributed by atoms with E-state index >= 15 is 0 Å². The summed E-state index contributed by atoms with van der Waals surface area (Å²) in [6, 6.07) is 20.0. The normalized spacial score (nSPS) is 10.4. The van der Waals surface area contributed by atoms with Gasteiger partial charge in [-0.2, -0.15) is 0 Å². The number of rotatable bonds is 3. The van der Waals surface area contributed by atoms with Crippen molar-refractivity contribution in [2.45, 2.75) is 0 Å². The molecule has 0 aromatic heterocycles. The van der Waals surface area contributed by atoms with Crippen molar-refractivity contribution in [2.24, 2.45) is 0 Å². The number of hydrogen-bond acceptors (Lipinski definition) is 1. The Balaban J connectivity index is 1.96. The molecule has 0 saturated carbocycles. The molecular weight excluding hydrogens is 226 g/mol. The van der Waals surface area contributed by atoms with Gasteiger partial charge in [0.2, 0.25) is 0 Å². The Kier molecular flexibility index (Phi) is 4.05. The fourth-order valence-electron chi connectivity index (χ4n) is 1.44. The highest BCUT2D eigenvalue weighted by atomic mass is 32.1. The molecule has 0 atom stereocenters. The van der Waals surface area contributed by atoms with Crippen LogP contribution in [0.1, 0.15) is 5.56 Å². The highest BCUT2D eigenvalue weighted by Crippen LogP contribution is 2.06. The predicted octanol–water partition coefficient (Wildman–Crippen LogP) is 4.14. The molecule has 17 heavy (non-hydrogen) atoms. The maximum atomic E-state index is 5.24. The minimum absolute atomic E-state index is 0.708. The van der Waals surface area contributed by atoms with Gasteiger partial charge in [-0.05, 0) is 23.8 Å². The molecule has 84 valence electrons. The van der Waals surface area contributed by atoms with E-state index in [-0.39, 0.29) is 0 Å². The van der Waals surface area contributed by atoms with Crippen LogP contribution in [0.5, 0.6) is 0 Å². The van der Waals surface area contributed by atoms with E-state index in [9.17, 15) is 0 Å². The van der Waals surface area contributed by atoms with E-state index in [1.165, 1.54) is 0 Å². The Labute approximate surface area is 107 Å². The number of nitrogens with one attached hydrogen (secondary N) is 1. The molecule has 1 nitrogen and oxygen atoms in total. The summed E-state index contributed by atoms with van der Waals surface area (Å²) in [4.78, 5) is 0.708. The van der Waals surface area contributed by atoms with Crippen molar-refractivity contribution >= 4 is 29.0 Å². The van der Waals surface area contributed by atoms with Gasteiger partial charge in [-0.25, -0.2) is 0 Å². The molecule has 2 aromatic carbocycles. The molecule has 0 radical (unpaired) electrons. The van der Waals surface area contributed by atoms with E-state index in [1.807, 2.05) is 72.8 Å². The summed E-state index contributed by atoms with van der Waals surface area (Å²) >= 11 is 5.24. The van der Waals surface area contributed by atoms with Gasteiger partial charge in [-0.15, -0.1) is 0 Å². The molecule has 0 saturated heterocycles. The monoisotopic (exact) mass is 239 g/mol. The van der Waals surface area contributed by atoms with Crippen LogP contribution in [0.2, 0.25) is 0 Å². The fraction of sp³-hybridized carbons (Fsp3) is 0. The average molecular weight is 239 g/mol. The van der Waals surface area contributed by atoms with Crippen LogP contribution in [0.15, 0.2) is 66.7 Å². The first kappa shape index (κ1) is 11.6. The van der Waals surface area contributed by atoms with E-state index in [2.05, 4.69) is 5.32 Å². The largest absolute Gasteiger partial charge is 0.347 e. The summed E-state index contributed by atoms with van der Waals surface area (Å²) in [6.45, 7) is 0. The van der Waals surface area contributed by atoms with Crippen LogP contribution in [-0.4, -0.2) is 4.99 Å². The van der Waals surface area contributed by atoms with Crippen LogP contribution in [0, 0.1) is 0 Å². The molecule has 0 aliphatic rings. The number of anilines is 1. The predicted molar refractivity (Wildman–Crippen MR) is 78.1 cm³/mol. The third kappa shape index (κ3) is 3.85. The number of thiocarbonyl (C=S) groups is 1.